The first-order chi connectivity index (χ1) is 10.2. The van der Waals surface area contributed by atoms with Gasteiger partial charge in [0.05, 0.1) is 5.56 Å². The Kier molecular flexibility index (Phi) is 4.60. The fourth-order valence-electron chi connectivity index (χ4n) is 2.13. The molecule has 2 rings (SSSR count). The maximum absolute atomic E-state index is 12.7. The van der Waals surface area contributed by atoms with Crippen molar-refractivity contribution >= 4 is 27.5 Å². The van der Waals surface area contributed by atoms with Crippen LogP contribution in [0.15, 0.2) is 40.9 Å². The van der Waals surface area contributed by atoms with Crippen molar-refractivity contribution in [3.8, 4) is 0 Å². The summed E-state index contributed by atoms with van der Waals surface area (Å²) in [7, 11) is 0. The number of benzene rings is 2. The minimum atomic E-state index is -4.47. The molecule has 2 aromatic carbocycles. The molecule has 0 aliphatic heterocycles. The van der Waals surface area contributed by atoms with Crippen molar-refractivity contribution in [2.24, 2.45) is 0 Å². The van der Waals surface area contributed by atoms with E-state index >= 15 is 0 Å². The van der Waals surface area contributed by atoms with Crippen LogP contribution in [0.2, 0.25) is 0 Å². The zero-order chi connectivity index (χ0) is 16.5. The number of hydrogen-bond acceptors (Lipinski definition) is 1. The Morgan fingerprint density at radius 3 is 2.23 bits per heavy atom. The highest BCUT2D eigenvalue weighted by molar-refractivity contribution is 9.10. The fraction of sp³-hybridized carbons (Fsp3) is 0.188. The Morgan fingerprint density at radius 1 is 1.09 bits per heavy atom. The molecule has 0 saturated heterocycles. The van der Waals surface area contributed by atoms with E-state index in [1.807, 2.05) is 26.0 Å². The number of alkyl halides is 3. The maximum atomic E-state index is 12.7. The fourth-order valence-corrected chi connectivity index (χ4v) is 2.82. The van der Waals surface area contributed by atoms with Gasteiger partial charge in [-0.15, -0.1) is 0 Å². The molecule has 1 amide bonds. The second-order valence-corrected chi connectivity index (χ2v) is 5.86. The highest BCUT2D eigenvalue weighted by Gasteiger charge is 2.30. The lowest BCUT2D eigenvalue weighted by Gasteiger charge is -2.13. The SMILES string of the molecule is Cc1cc(Br)cc(C)c1NC(=O)c1cccc(C(F)(F)F)c1. The highest BCUT2D eigenvalue weighted by atomic mass is 79.9. The maximum Gasteiger partial charge on any atom is 0.416 e. The Bertz CT molecular complexity index is 703. The van der Waals surface area contributed by atoms with Gasteiger partial charge >= 0.3 is 6.18 Å². The second kappa shape index (κ2) is 6.12. The topological polar surface area (TPSA) is 29.1 Å². The Balaban J connectivity index is 2.31. The molecule has 0 aliphatic carbocycles. The monoisotopic (exact) mass is 371 g/mol. The van der Waals surface area contributed by atoms with Crippen molar-refractivity contribution < 1.29 is 18.0 Å². The van der Waals surface area contributed by atoms with Gasteiger partial charge in [0.15, 0.2) is 0 Å². The lowest BCUT2D eigenvalue weighted by molar-refractivity contribution is -0.137. The predicted octanol–water partition coefficient (Wildman–Crippen LogP) is 5.34. The first kappa shape index (κ1) is 16.5. The van der Waals surface area contributed by atoms with E-state index in [-0.39, 0.29) is 5.56 Å². The van der Waals surface area contributed by atoms with Gasteiger partial charge in [-0.2, -0.15) is 13.2 Å². The molecule has 0 bridgehead atoms. The van der Waals surface area contributed by atoms with Crippen molar-refractivity contribution in [3.05, 3.63) is 63.1 Å². The summed E-state index contributed by atoms with van der Waals surface area (Å²) >= 11 is 3.35. The first-order valence-electron chi connectivity index (χ1n) is 6.44. The van der Waals surface area contributed by atoms with E-state index in [0.717, 1.165) is 27.7 Å². The number of carbonyl (C=O) groups is 1. The number of nitrogens with one attached hydrogen (secondary N) is 1. The Labute approximate surface area is 134 Å². The van der Waals surface area contributed by atoms with Gasteiger partial charge < -0.3 is 5.32 Å². The number of hydrogen-bond donors (Lipinski definition) is 1. The summed E-state index contributed by atoms with van der Waals surface area (Å²) in [5.41, 5.74) is 1.38. The molecule has 6 heteroatoms. The summed E-state index contributed by atoms with van der Waals surface area (Å²) in [5, 5.41) is 2.67. The van der Waals surface area contributed by atoms with Crippen LogP contribution in [0.3, 0.4) is 0 Å². The summed E-state index contributed by atoms with van der Waals surface area (Å²) in [6, 6.07) is 8.02. The van der Waals surface area contributed by atoms with Gasteiger partial charge in [0.25, 0.3) is 5.91 Å². The zero-order valence-corrected chi connectivity index (χ0v) is 13.5. The molecule has 22 heavy (non-hydrogen) atoms. The van der Waals surface area contributed by atoms with E-state index in [2.05, 4.69) is 21.2 Å². The molecule has 1 N–H and O–H groups in total. The van der Waals surface area contributed by atoms with Crippen molar-refractivity contribution in [1.29, 1.82) is 0 Å². The average molecular weight is 372 g/mol. The molecule has 0 fully saturated rings. The smallest absolute Gasteiger partial charge is 0.322 e. The largest absolute Gasteiger partial charge is 0.416 e. The molecule has 2 nitrogen and oxygen atoms in total. The summed E-state index contributed by atoms with van der Waals surface area (Å²) in [5.74, 6) is -0.570. The number of rotatable bonds is 2. The first-order valence-corrected chi connectivity index (χ1v) is 7.23. The van der Waals surface area contributed by atoms with Crippen LogP contribution in [-0.4, -0.2) is 5.91 Å². The number of aryl methyl sites for hydroxylation is 2. The molecule has 0 radical (unpaired) electrons. The van der Waals surface area contributed by atoms with Crippen LogP contribution < -0.4 is 5.32 Å². The molecule has 0 unspecified atom stereocenters. The zero-order valence-electron chi connectivity index (χ0n) is 11.9. The minimum Gasteiger partial charge on any atom is -0.322 e. The highest BCUT2D eigenvalue weighted by Crippen LogP contribution is 2.30. The summed E-state index contributed by atoms with van der Waals surface area (Å²) in [6.07, 6.45) is -4.47. The number of anilines is 1. The summed E-state index contributed by atoms with van der Waals surface area (Å²) < 4.78 is 39.0. The average Bonchev–Trinajstić information content (AvgIpc) is 2.41. The second-order valence-electron chi connectivity index (χ2n) is 4.95. The molecule has 0 heterocycles. The third-order valence-electron chi connectivity index (χ3n) is 3.19. The van der Waals surface area contributed by atoms with Crippen molar-refractivity contribution in [2.45, 2.75) is 20.0 Å². The Morgan fingerprint density at radius 2 is 1.68 bits per heavy atom. The minimum absolute atomic E-state index is 0.0310. The molecule has 0 spiro atoms. The van der Waals surface area contributed by atoms with Crippen LogP contribution in [0.25, 0.3) is 0 Å². The third kappa shape index (κ3) is 3.68. The van der Waals surface area contributed by atoms with Crippen molar-refractivity contribution in [3.63, 3.8) is 0 Å². The van der Waals surface area contributed by atoms with Gasteiger partial charge in [0, 0.05) is 15.7 Å². The van der Waals surface area contributed by atoms with Gasteiger partial charge in [-0.3, -0.25) is 4.79 Å². The number of halogens is 4. The van der Waals surface area contributed by atoms with E-state index in [0.29, 0.717) is 5.69 Å². The van der Waals surface area contributed by atoms with Gasteiger partial charge in [-0.05, 0) is 55.3 Å². The number of amides is 1. The molecule has 0 saturated carbocycles. The molecular weight excluding hydrogens is 359 g/mol. The van der Waals surface area contributed by atoms with Crippen molar-refractivity contribution in [2.75, 3.05) is 5.32 Å². The van der Waals surface area contributed by atoms with Gasteiger partial charge in [-0.25, -0.2) is 0 Å². The molecule has 116 valence electrons. The number of carbonyl (C=O) groups excluding carboxylic acids is 1. The molecule has 0 aromatic heterocycles. The third-order valence-corrected chi connectivity index (χ3v) is 3.65. The molecular formula is C16H13BrF3NO. The van der Waals surface area contributed by atoms with Crippen LogP contribution in [0.1, 0.15) is 27.0 Å². The van der Waals surface area contributed by atoms with Gasteiger partial charge in [0.1, 0.15) is 0 Å². The van der Waals surface area contributed by atoms with Crippen LogP contribution in [0.4, 0.5) is 18.9 Å². The van der Waals surface area contributed by atoms with E-state index < -0.39 is 17.6 Å². The van der Waals surface area contributed by atoms with Gasteiger partial charge in [0.2, 0.25) is 0 Å². The van der Waals surface area contributed by atoms with Crippen molar-refractivity contribution in [1.82, 2.24) is 0 Å². The van der Waals surface area contributed by atoms with Crippen LogP contribution in [-0.2, 0) is 6.18 Å². The predicted molar refractivity (Wildman–Crippen MR) is 83.0 cm³/mol. The van der Waals surface area contributed by atoms with Gasteiger partial charge in [-0.1, -0.05) is 22.0 Å². The summed E-state index contributed by atoms with van der Waals surface area (Å²) in [4.78, 5) is 12.2. The normalized spacial score (nSPS) is 11.4. The Hall–Kier alpha value is -1.82. The van der Waals surface area contributed by atoms with E-state index in [9.17, 15) is 18.0 Å². The van der Waals surface area contributed by atoms with E-state index in [1.165, 1.54) is 12.1 Å². The van der Waals surface area contributed by atoms with Crippen LogP contribution >= 0.6 is 15.9 Å². The molecule has 0 aliphatic rings. The standard InChI is InChI=1S/C16H13BrF3NO/c1-9-6-13(17)7-10(2)14(9)21-15(22)11-4-3-5-12(8-11)16(18,19)20/h3-8H,1-2H3,(H,21,22). The van der Waals surface area contributed by atoms with E-state index in [1.54, 1.807) is 0 Å². The quantitative estimate of drug-likeness (QED) is 0.758. The lowest BCUT2D eigenvalue weighted by Crippen LogP contribution is -2.15. The summed E-state index contributed by atoms with van der Waals surface area (Å²) in [6.45, 7) is 3.64. The van der Waals surface area contributed by atoms with E-state index in [4.69, 9.17) is 0 Å². The van der Waals surface area contributed by atoms with Crippen LogP contribution in [0.5, 0.6) is 0 Å². The molecule has 2 aromatic rings. The van der Waals surface area contributed by atoms with Crippen LogP contribution in [0, 0.1) is 13.8 Å². The lowest BCUT2D eigenvalue weighted by atomic mass is 10.1. The molecule has 0 atom stereocenters.